The number of ether oxygens (including phenoxy) is 2. The molecule has 0 bridgehead atoms. The van der Waals surface area contributed by atoms with Crippen molar-refractivity contribution < 1.29 is 19.4 Å². The zero-order valence-electron chi connectivity index (χ0n) is 11.1. The number of rotatable bonds is 5. The summed E-state index contributed by atoms with van der Waals surface area (Å²) in [4.78, 5) is 11.0. The molecule has 2 aromatic carbocycles. The van der Waals surface area contributed by atoms with Crippen molar-refractivity contribution in [3.05, 3.63) is 57.6 Å². The van der Waals surface area contributed by atoms with Crippen LogP contribution in [0.1, 0.15) is 15.9 Å². The number of halogens is 2. The number of methoxy groups -OCH3 is 1. The Morgan fingerprint density at radius 2 is 1.90 bits per heavy atom. The summed E-state index contributed by atoms with van der Waals surface area (Å²) in [6.45, 7) is 0.176. The Morgan fingerprint density at radius 3 is 2.52 bits per heavy atom. The molecule has 2 rings (SSSR count). The quantitative estimate of drug-likeness (QED) is 0.890. The summed E-state index contributed by atoms with van der Waals surface area (Å²) in [5.41, 5.74) is 0.858. The van der Waals surface area contributed by atoms with Crippen LogP contribution in [0.25, 0.3) is 0 Å². The van der Waals surface area contributed by atoms with Gasteiger partial charge in [0.2, 0.25) is 0 Å². The van der Waals surface area contributed by atoms with Crippen molar-refractivity contribution in [1.29, 1.82) is 0 Å². The number of carboxylic acid groups (broad SMARTS) is 1. The maximum absolute atomic E-state index is 11.0. The van der Waals surface area contributed by atoms with Gasteiger partial charge in [0, 0.05) is 15.6 Å². The molecule has 0 saturated heterocycles. The Morgan fingerprint density at radius 1 is 1.14 bits per heavy atom. The minimum Gasteiger partial charge on any atom is -0.493 e. The van der Waals surface area contributed by atoms with Gasteiger partial charge in [-0.15, -0.1) is 0 Å². The molecule has 0 aliphatic rings. The van der Waals surface area contributed by atoms with E-state index in [0.29, 0.717) is 21.5 Å². The van der Waals surface area contributed by atoms with E-state index < -0.39 is 5.97 Å². The fourth-order valence-corrected chi connectivity index (χ4v) is 2.18. The van der Waals surface area contributed by atoms with E-state index >= 15 is 0 Å². The van der Waals surface area contributed by atoms with E-state index in [0.717, 1.165) is 5.56 Å². The molecule has 0 unspecified atom stereocenters. The van der Waals surface area contributed by atoms with E-state index in [-0.39, 0.29) is 12.2 Å². The van der Waals surface area contributed by atoms with Gasteiger partial charge in [-0.2, -0.15) is 0 Å². The van der Waals surface area contributed by atoms with E-state index in [4.69, 9.17) is 37.8 Å². The molecule has 4 nitrogen and oxygen atoms in total. The highest BCUT2D eigenvalue weighted by atomic mass is 35.5. The van der Waals surface area contributed by atoms with Gasteiger partial charge in [-0.3, -0.25) is 0 Å². The monoisotopic (exact) mass is 326 g/mol. The molecule has 6 heteroatoms. The Hall–Kier alpha value is -1.91. The molecular weight excluding hydrogens is 315 g/mol. The van der Waals surface area contributed by atoms with Crippen LogP contribution < -0.4 is 9.47 Å². The lowest BCUT2D eigenvalue weighted by molar-refractivity contribution is 0.0696. The summed E-state index contributed by atoms with van der Waals surface area (Å²) < 4.78 is 10.8. The predicted molar refractivity (Wildman–Crippen MR) is 80.7 cm³/mol. The van der Waals surface area contributed by atoms with Gasteiger partial charge >= 0.3 is 5.97 Å². The van der Waals surface area contributed by atoms with Crippen LogP contribution in [-0.4, -0.2) is 18.2 Å². The van der Waals surface area contributed by atoms with Crippen LogP contribution in [-0.2, 0) is 6.61 Å². The van der Waals surface area contributed by atoms with Gasteiger partial charge in [0.15, 0.2) is 11.5 Å². The van der Waals surface area contributed by atoms with Gasteiger partial charge in [-0.25, -0.2) is 4.79 Å². The molecular formula is C15H12Cl2O4. The smallest absolute Gasteiger partial charge is 0.335 e. The summed E-state index contributed by atoms with van der Waals surface area (Å²) in [7, 11) is 1.48. The topological polar surface area (TPSA) is 55.8 Å². The van der Waals surface area contributed by atoms with Crippen molar-refractivity contribution in [1.82, 2.24) is 0 Å². The average molecular weight is 327 g/mol. The van der Waals surface area contributed by atoms with E-state index in [1.54, 1.807) is 24.3 Å². The number of hydrogen-bond donors (Lipinski definition) is 1. The molecule has 1 N–H and O–H groups in total. The van der Waals surface area contributed by atoms with Crippen LogP contribution in [0.15, 0.2) is 36.4 Å². The first-order valence-corrected chi connectivity index (χ1v) is 6.75. The van der Waals surface area contributed by atoms with E-state index in [1.807, 2.05) is 0 Å². The lowest BCUT2D eigenvalue weighted by Gasteiger charge is -2.12. The average Bonchev–Trinajstić information content (AvgIpc) is 2.46. The third-order valence-electron chi connectivity index (χ3n) is 2.81. The van der Waals surface area contributed by atoms with Crippen molar-refractivity contribution in [2.24, 2.45) is 0 Å². The predicted octanol–water partition coefficient (Wildman–Crippen LogP) is 4.28. The van der Waals surface area contributed by atoms with Crippen molar-refractivity contribution >= 4 is 29.2 Å². The summed E-state index contributed by atoms with van der Waals surface area (Å²) in [5, 5.41) is 10.0. The van der Waals surface area contributed by atoms with Crippen molar-refractivity contribution in [2.45, 2.75) is 6.61 Å². The van der Waals surface area contributed by atoms with Gasteiger partial charge in [0.05, 0.1) is 12.7 Å². The summed E-state index contributed by atoms with van der Waals surface area (Å²) in [5.74, 6) is -0.250. The Labute approximate surface area is 131 Å². The third kappa shape index (κ3) is 3.80. The third-order valence-corrected chi connectivity index (χ3v) is 3.40. The molecule has 0 heterocycles. The molecule has 0 aliphatic heterocycles. The first-order chi connectivity index (χ1) is 10.0. The molecule has 2 aromatic rings. The minimum atomic E-state index is -1.04. The van der Waals surface area contributed by atoms with Gasteiger partial charge < -0.3 is 14.6 Å². The van der Waals surface area contributed by atoms with Crippen LogP contribution in [0.5, 0.6) is 11.5 Å². The summed E-state index contributed by atoms with van der Waals surface area (Å²) >= 11 is 11.9. The Kier molecular flexibility index (Phi) is 4.94. The van der Waals surface area contributed by atoms with Crippen LogP contribution >= 0.6 is 23.2 Å². The normalized spacial score (nSPS) is 10.2. The largest absolute Gasteiger partial charge is 0.493 e. The van der Waals surface area contributed by atoms with Crippen molar-refractivity contribution in [3.8, 4) is 11.5 Å². The zero-order valence-corrected chi connectivity index (χ0v) is 12.6. The molecule has 0 radical (unpaired) electrons. The van der Waals surface area contributed by atoms with Gasteiger partial charge in [-0.05, 0) is 30.3 Å². The number of carboxylic acids is 1. The maximum atomic E-state index is 11.0. The molecule has 0 aromatic heterocycles. The van der Waals surface area contributed by atoms with Crippen molar-refractivity contribution in [2.75, 3.05) is 7.11 Å². The first kappa shape index (κ1) is 15.5. The fourth-order valence-electron chi connectivity index (χ4n) is 1.72. The second-order valence-corrected chi connectivity index (χ2v) is 5.04. The van der Waals surface area contributed by atoms with E-state index in [9.17, 15) is 4.79 Å². The first-order valence-electron chi connectivity index (χ1n) is 5.99. The number of hydrogen-bond acceptors (Lipinski definition) is 3. The lowest BCUT2D eigenvalue weighted by atomic mass is 10.2. The summed E-state index contributed by atoms with van der Waals surface area (Å²) in [6.07, 6.45) is 0. The van der Waals surface area contributed by atoms with Crippen molar-refractivity contribution in [3.63, 3.8) is 0 Å². The highest BCUT2D eigenvalue weighted by molar-refractivity contribution is 6.35. The SMILES string of the molecule is COc1ccc(C(=O)O)cc1OCc1ccc(Cl)cc1Cl. The molecule has 21 heavy (non-hydrogen) atoms. The standard InChI is InChI=1S/C15H12Cl2O4/c1-20-13-5-3-9(15(18)19)6-14(13)21-8-10-2-4-11(16)7-12(10)17/h2-7H,8H2,1H3,(H,18,19). The number of aromatic carboxylic acids is 1. The highest BCUT2D eigenvalue weighted by Crippen LogP contribution is 2.30. The van der Waals surface area contributed by atoms with Gasteiger partial charge in [0.25, 0.3) is 0 Å². The number of carbonyl (C=O) groups is 1. The minimum absolute atomic E-state index is 0.119. The zero-order chi connectivity index (χ0) is 15.4. The maximum Gasteiger partial charge on any atom is 0.335 e. The van der Waals surface area contributed by atoms with Crippen LogP contribution in [0.2, 0.25) is 10.0 Å². The Bertz CT molecular complexity index is 671. The van der Waals surface area contributed by atoms with Crippen LogP contribution in [0.4, 0.5) is 0 Å². The van der Waals surface area contributed by atoms with E-state index in [1.165, 1.54) is 19.2 Å². The van der Waals surface area contributed by atoms with Crippen LogP contribution in [0, 0.1) is 0 Å². The summed E-state index contributed by atoms with van der Waals surface area (Å²) in [6, 6.07) is 9.47. The molecule has 0 amide bonds. The Balaban J connectivity index is 2.22. The number of benzene rings is 2. The molecule has 0 atom stereocenters. The second kappa shape index (κ2) is 6.70. The van der Waals surface area contributed by atoms with Gasteiger partial charge in [-0.1, -0.05) is 29.3 Å². The molecule has 110 valence electrons. The molecule has 0 saturated carbocycles. The van der Waals surface area contributed by atoms with E-state index in [2.05, 4.69) is 0 Å². The molecule has 0 fully saturated rings. The highest BCUT2D eigenvalue weighted by Gasteiger charge is 2.11. The van der Waals surface area contributed by atoms with Gasteiger partial charge in [0.1, 0.15) is 6.61 Å². The molecule has 0 spiro atoms. The lowest BCUT2D eigenvalue weighted by Crippen LogP contribution is -2.01. The molecule has 0 aliphatic carbocycles. The fraction of sp³-hybridized carbons (Fsp3) is 0.133. The van der Waals surface area contributed by atoms with Crippen LogP contribution in [0.3, 0.4) is 0 Å². The second-order valence-electron chi connectivity index (χ2n) is 4.20.